The Morgan fingerprint density at radius 3 is 1.08 bits per heavy atom. The summed E-state index contributed by atoms with van der Waals surface area (Å²) in [6.07, 6.45) is 0. The van der Waals surface area contributed by atoms with E-state index in [-0.39, 0.29) is 44.4 Å². The molecule has 2 heterocycles. The molecule has 182 valence electrons. The third-order valence-electron chi connectivity index (χ3n) is 6.15. The van der Waals surface area contributed by atoms with Crippen molar-refractivity contribution in [3.63, 3.8) is 0 Å². The predicted octanol–water partition coefficient (Wildman–Crippen LogP) is 1.93. The largest absolute Gasteiger partial charge is 0.497 e. The Kier molecular flexibility index (Phi) is 5.36. The summed E-state index contributed by atoms with van der Waals surface area (Å²) in [6.45, 7) is 0. The third kappa shape index (κ3) is 3.18. The lowest BCUT2D eigenvalue weighted by Gasteiger charge is -2.09. The number of rotatable bonds is 6. The van der Waals surface area contributed by atoms with Crippen molar-refractivity contribution in [2.75, 3.05) is 28.4 Å². The van der Waals surface area contributed by atoms with Crippen LogP contribution in [0.1, 0.15) is 0 Å². The first-order valence-electron chi connectivity index (χ1n) is 10.7. The highest BCUT2D eigenvalue weighted by Crippen LogP contribution is 2.29. The lowest BCUT2D eigenvalue weighted by molar-refractivity contribution is 0.392. The fraction of sp³-hybridized carbons (Fsp3) is 0.154. The maximum absolute atomic E-state index is 13.3. The fourth-order valence-corrected chi connectivity index (χ4v) is 4.35. The Balaban J connectivity index is 1.79. The number of benzene rings is 3. The Morgan fingerprint density at radius 2 is 0.806 bits per heavy atom. The molecule has 0 fully saturated rings. The van der Waals surface area contributed by atoms with E-state index in [0.717, 1.165) is 9.13 Å². The number of methoxy groups -OCH3 is 4. The summed E-state index contributed by atoms with van der Waals surface area (Å²) in [7, 11) is 5.78. The molecule has 3 aromatic carbocycles. The van der Waals surface area contributed by atoms with Gasteiger partial charge in [-0.25, -0.2) is 9.13 Å². The van der Waals surface area contributed by atoms with Gasteiger partial charge < -0.3 is 18.9 Å². The number of aromatic nitrogens is 2. The molecule has 2 aromatic heterocycles. The predicted molar refractivity (Wildman–Crippen MR) is 134 cm³/mol. The standard InChI is InChI=1S/C26H20N2O8/c1-33-13-5-7-19(21(9-13)35-3)27-23(29)15-11-17-18(12-16(15)24(27)30)26(32)28(25(17)31)20-8-6-14(34-2)10-22(20)36-4/h5-12H,1-4H3. The second-order valence-electron chi connectivity index (χ2n) is 7.91. The van der Waals surface area contributed by atoms with Gasteiger partial charge in [0.25, 0.3) is 22.2 Å². The summed E-state index contributed by atoms with van der Waals surface area (Å²) >= 11 is 0. The molecule has 0 N–H and O–H groups in total. The number of fused-ring (bicyclic) bond motifs is 2. The molecule has 0 amide bonds. The van der Waals surface area contributed by atoms with Gasteiger partial charge in [-0.3, -0.25) is 19.2 Å². The second kappa shape index (κ2) is 8.42. The van der Waals surface area contributed by atoms with Crippen molar-refractivity contribution < 1.29 is 18.9 Å². The molecule has 0 aliphatic carbocycles. The van der Waals surface area contributed by atoms with Crippen LogP contribution < -0.4 is 41.2 Å². The number of hydrogen-bond donors (Lipinski definition) is 0. The Bertz CT molecular complexity index is 1660. The lowest BCUT2D eigenvalue weighted by atomic mass is 10.1. The smallest absolute Gasteiger partial charge is 0.266 e. The molecule has 0 bridgehead atoms. The first kappa shape index (κ1) is 22.9. The molecule has 10 heteroatoms. The molecule has 5 rings (SSSR count). The van der Waals surface area contributed by atoms with Crippen molar-refractivity contribution in [1.82, 2.24) is 9.13 Å². The van der Waals surface area contributed by atoms with Gasteiger partial charge in [-0.05, 0) is 36.4 Å². The van der Waals surface area contributed by atoms with Crippen LogP contribution >= 0.6 is 0 Å². The van der Waals surface area contributed by atoms with Crippen LogP contribution in [0.15, 0.2) is 67.7 Å². The Hall–Kier alpha value is -4.86. The van der Waals surface area contributed by atoms with Crippen LogP contribution in [0.4, 0.5) is 0 Å². The molecule has 0 unspecified atom stereocenters. The molecular formula is C26H20N2O8. The molecule has 0 atom stereocenters. The highest BCUT2D eigenvalue weighted by atomic mass is 16.5. The summed E-state index contributed by atoms with van der Waals surface area (Å²) in [4.78, 5) is 53.3. The first-order chi connectivity index (χ1) is 17.3. The monoisotopic (exact) mass is 488 g/mol. The van der Waals surface area contributed by atoms with Crippen molar-refractivity contribution in [2.24, 2.45) is 0 Å². The summed E-state index contributed by atoms with van der Waals surface area (Å²) in [6, 6.07) is 11.9. The molecular weight excluding hydrogens is 468 g/mol. The van der Waals surface area contributed by atoms with Gasteiger partial charge in [0.15, 0.2) is 0 Å². The van der Waals surface area contributed by atoms with Crippen LogP contribution in [0.3, 0.4) is 0 Å². The first-order valence-corrected chi connectivity index (χ1v) is 10.7. The van der Waals surface area contributed by atoms with Gasteiger partial charge in [-0.1, -0.05) is 0 Å². The van der Waals surface area contributed by atoms with E-state index in [0.29, 0.717) is 11.5 Å². The minimum absolute atomic E-state index is 0.0151. The van der Waals surface area contributed by atoms with Crippen molar-refractivity contribution in [2.45, 2.75) is 0 Å². The number of nitrogens with zero attached hydrogens (tertiary/aromatic N) is 2. The van der Waals surface area contributed by atoms with E-state index in [4.69, 9.17) is 18.9 Å². The summed E-state index contributed by atoms with van der Waals surface area (Å²) in [5.74, 6) is 1.47. The zero-order valence-electron chi connectivity index (χ0n) is 19.8. The Morgan fingerprint density at radius 1 is 0.472 bits per heavy atom. The molecule has 0 radical (unpaired) electrons. The van der Waals surface area contributed by atoms with Crippen molar-refractivity contribution in [1.29, 1.82) is 0 Å². The van der Waals surface area contributed by atoms with Gasteiger partial charge in [-0.15, -0.1) is 0 Å². The minimum Gasteiger partial charge on any atom is -0.497 e. The van der Waals surface area contributed by atoms with Gasteiger partial charge in [0.05, 0.1) is 61.4 Å². The van der Waals surface area contributed by atoms with Crippen molar-refractivity contribution in [3.8, 4) is 34.4 Å². The molecule has 0 aliphatic heterocycles. The number of ether oxygens (including phenoxy) is 4. The minimum atomic E-state index is -0.637. The lowest BCUT2D eigenvalue weighted by Crippen LogP contribution is -2.24. The van der Waals surface area contributed by atoms with E-state index < -0.39 is 22.2 Å². The summed E-state index contributed by atoms with van der Waals surface area (Å²) in [5, 5.41) is 0.0604. The van der Waals surface area contributed by atoms with Crippen molar-refractivity contribution in [3.05, 3.63) is 89.9 Å². The summed E-state index contributed by atoms with van der Waals surface area (Å²) < 4.78 is 23.0. The highest BCUT2D eigenvalue weighted by Gasteiger charge is 2.23. The van der Waals surface area contributed by atoms with E-state index in [9.17, 15) is 19.2 Å². The number of hydrogen-bond acceptors (Lipinski definition) is 8. The zero-order valence-corrected chi connectivity index (χ0v) is 19.8. The molecule has 36 heavy (non-hydrogen) atoms. The topological polar surface area (TPSA) is 115 Å². The average Bonchev–Trinajstić information content (AvgIpc) is 3.30. The van der Waals surface area contributed by atoms with Crippen LogP contribution in [-0.2, 0) is 0 Å². The quantitative estimate of drug-likeness (QED) is 0.356. The zero-order chi connectivity index (χ0) is 25.7. The van der Waals surface area contributed by atoms with Gasteiger partial charge in [0.1, 0.15) is 23.0 Å². The molecule has 0 aliphatic rings. The molecule has 0 saturated carbocycles. The third-order valence-corrected chi connectivity index (χ3v) is 6.15. The van der Waals surface area contributed by atoms with E-state index in [2.05, 4.69) is 0 Å². The van der Waals surface area contributed by atoms with E-state index in [1.807, 2.05) is 0 Å². The van der Waals surface area contributed by atoms with Gasteiger partial charge in [-0.2, -0.15) is 0 Å². The molecule has 10 nitrogen and oxygen atoms in total. The van der Waals surface area contributed by atoms with E-state index in [1.165, 1.54) is 52.7 Å². The van der Waals surface area contributed by atoms with Gasteiger partial charge >= 0.3 is 0 Å². The van der Waals surface area contributed by atoms with Crippen LogP contribution in [0, 0.1) is 0 Å². The summed E-state index contributed by atoms with van der Waals surface area (Å²) in [5.41, 5.74) is -2.12. The van der Waals surface area contributed by atoms with Crippen molar-refractivity contribution >= 4 is 21.5 Å². The molecule has 0 spiro atoms. The van der Waals surface area contributed by atoms with E-state index in [1.54, 1.807) is 24.3 Å². The average molecular weight is 488 g/mol. The highest BCUT2D eigenvalue weighted by molar-refractivity contribution is 5.98. The van der Waals surface area contributed by atoms with Gasteiger partial charge in [0, 0.05) is 12.1 Å². The normalized spacial score (nSPS) is 11.2. The van der Waals surface area contributed by atoms with Crippen LogP contribution in [0.5, 0.6) is 23.0 Å². The van der Waals surface area contributed by atoms with Gasteiger partial charge in [0.2, 0.25) is 0 Å². The maximum atomic E-state index is 13.3. The Labute approximate surface area is 202 Å². The van der Waals surface area contributed by atoms with E-state index >= 15 is 0 Å². The van der Waals surface area contributed by atoms with Crippen LogP contribution in [0.2, 0.25) is 0 Å². The fourth-order valence-electron chi connectivity index (χ4n) is 4.35. The second-order valence-corrected chi connectivity index (χ2v) is 7.91. The maximum Gasteiger partial charge on any atom is 0.266 e. The van der Waals surface area contributed by atoms with Crippen LogP contribution in [0.25, 0.3) is 32.9 Å². The molecule has 5 aromatic rings. The molecule has 0 saturated heterocycles. The van der Waals surface area contributed by atoms with Crippen LogP contribution in [-0.4, -0.2) is 37.6 Å². The SMILES string of the molecule is COc1ccc(-n2c(=O)c3cc4c(=O)n(-c5ccc(OC)cc5OC)c(=O)c4cc3c2=O)c(OC)c1.